The molecule has 1 fully saturated rings. The van der Waals surface area contributed by atoms with Crippen LogP contribution < -0.4 is 15.5 Å². The van der Waals surface area contributed by atoms with Gasteiger partial charge in [0.25, 0.3) is 0 Å². The largest absolute Gasteiger partial charge is 0.377 e. The molecule has 1 atom stereocenters. The standard InChI is InChI=1S/C24H40N4O2/c1-16(2)17(3)28(23(30)26-24(4,5)6)15-19-14-20(12-13-21(19)27(7)8)25-22(29)18-10-9-11-18/h12-14,16-18H,9-11,15H2,1-8H3,(H,25,29)(H,26,30)/t17-/m1/s1. The van der Waals surface area contributed by atoms with Gasteiger partial charge in [0, 0.05) is 49.5 Å². The van der Waals surface area contributed by atoms with Crippen molar-refractivity contribution in [3.05, 3.63) is 23.8 Å². The number of urea groups is 1. The zero-order valence-corrected chi connectivity index (χ0v) is 20.0. The van der Waals surface area contributed by atoms with Crippen molar-refractivity contribution in [3.63, 3.8) is 0 Å². The van der Waals surface area contributed by atoms with Crippen molar-refractivity contribution in [3.8, 4) is 0 Å². The SMILES string of the molecule is CC(C)[C@@H](C)N(Cc1cc(NC(=O)C2CCC2)ccc1N(C)C)C(=O)NC(C)(C)C. The lowest BCUT2D eigenvalue weighted by Gasteiger charge is -2.35. The third-order valence-corrected chi connectivity index (χ3v) is 5.84. The highest BCUT2D eigenvalue weighted by atomic mass is 16.2. The van der Waals surface area contributed by atoms with Crippen molar-refractivity contribution >= 4 is 23.3 Å². The summed E-state index contributed by atoms with van der Waals surface area (Å²) in [6.07, 6.45) is 3.08. The molecule has 0 spiro atoms. The summed E-state index contributed by atoms with van der Waals surface area (Å²) in [6, 6.07) is 5.97. The van der Waals surface area contributed by atoms with Crippen molar-refractivity contribution in [1.29, 1.82) is 0 Å². The van der Waals surface area contributed by atoms with Crippen LogP contribution in [0, 0.1) is 11.8 Å². The number of carbonyl (C=O) groups is 2. The number of nitrogens with one attached hydrogen (secondary N) is 2. The van der Waals surface area contributed by atoms with Gasteiger partial charge < -0.3 is 20.4 Å². The van der Waals surface area contributed by atoms with Crippen LogP contribution in [0.2, 0.25) is 0 Å². The minimum absolute atomic E-state index is 0.0654. The van der Waals surface area contributed by atoms with E-state index in [0.717, 1.165) is 36.2 Å². The molecule has 1 aromatic rings. The summed E-state index contributed by atoms with van der Waals surface area (Å²) in [6.45, 7) is 12.8. The fraction of sp³-hybridized carbons (Fsp3) is 0.667. The average Bonchev–Trinajstić information content (AvgIpc) is 2.55. The maximum absolute atomic E-state index is 13.1. The topological polar surface area (TPSA) is 64.7 Å². The summed E-state index contributed by atoms with van der Waals surface area (Å²) in [7, 11) is 3.99. The Morgan fingerprint density at radius 1 is 1.13 bits per heavy atom. The summed E-state index contributed by atoms with van der Waals surface area (Å²) in [4.78, 5) is 29.5. The second-order valence-corrected chi connectivity index (χ2v) is 10.1. The first-order valence-electron chi connectivity index (χ1n) is 11.1. The van der Waals surface area contributed by atoms with Crippen LogP contribution in [0.3, 0.4) is 0 Å². The molecular formula is C24H40N4O2. The predicted octanol–water partition coefficient (Wildman–Crippen LogP) is 4.85. The van der Waals surface area contributed by atoms with E-state index in [9.17, 15) is 9.59 Å². The van der Waals surface area contributed by atoms with Crippen LogP contribution in [0.1, 0.15) is 66.4 Å². The Balaban J connectivity index is 2.32. The van der Waals surface area contributed by atoms with Gasteiger partial charge in [0.1, 0.15) is 0 Å². The van der Waals surface area contributed by atoms with Gasteiger partial charge in [0.2, 0.25) is 5.91 Å². The number of nitrogens with zero attached hydrogens (tertiary/aromatic N) is 2. The van der Waals surface area contributed by atoms with Gasteiger partial charge in [0.05, 0.1) is 0 Å². The zero-order chi connectivity index (χ0) is 22.6. The van der Waals surface area contributed by atoms with E-state index in [1.165, 1.54) is 0 Å². The van der Waals surface area contributed by atoms with Crippen molar-refractivity contribution in [2.45, 2.75) is 78.9 Å². The van der Waals surface area contributed by atoms with Crippen LogP contribution in [0.25, 0.3) is 0 Å². The minimum atomic E-state index is -0.311. The van der Waals surface area contributed by atoms with E-state index in [2.05, 4.69) is 31.4 Å². The average molecular weight is 417 g/mol. The van der Waals surface area contributed by atoms with Crippen LogP contribution >= 0.6 is 0 Å². The molecule has 1 aromatic carbocycles. The van der Waals surface area contributed by atoms with Crippen LogP contribution in [0.15, 0.2) is 18.2 Å². The maximum atomic E-state index is 13.1. The Kier molecular flexibility index (Phi) is 7.78. The Morgan fingerprint density at radius 2 is 1.77 bits per heavy atom. The zero-order valence-electron chi connectivity index (χ0n) is 20.0. The van der Waals surface area contributed by atoms with E-state index >= 15 is 0 Å². The minimum Gasteiger partial charge on any atom is -0.377 e. The molecule has 2 N–H and O–H groups in total. The number of anilines is 2. The third kappa shape index (κ3) is 6.38. The highest BCUT2D eigenvalue weighted by Gasteiger charge is 2.28. The first kappa shape index (κ1) is 24.0. The van der Waals surface area contributed by atoms with Crippen LogP contribution in [-0.4, -0.2) is 42.5 Å². The molecule has 0 saturated heterocycles. The Hall–Kier alpha value is -2.24. The van der Waals surface area contributed by atoms with Gasteiger partial charge in [-0.2, -0.15) is 0 Å². The van der Waals surface area contributed by atoms with Crippen LogP contribution in [0.5, 0.6) is 0 Å². The molecular weight excluding hydrogens is 376 g/mol. The van der Waals surface area contributed by atoms with Crippen molar-refractivity contribution in [1.82, 2.24) is 10.2 Å². The number of carbonyl (C=O) groups excluding carboxylic acids is 2. The number of benzene rings is 1. The summed E-state index contributed by atoms with van der Waals surface area (Å²) in [5.74, 6) is 0.555. The lowest BCUT2D eigenvalue weighted by Crippen LogP contribution is -2.52. The second kappa shape index (κ2) is 9.71. The maximum Gasteiger partial charge on any atom is 0.318 e. The molecule has 168 valence electrons. The molecule has 0 radical (unpaired) electrons. The van der Waals surface area contributed by atoms with Crippen LogP contribution in [-0.2, 0) is 11.3 Å². The summed E-state index contributed by atoms with van der Waals surface area (Å²) in [5.41, 5.74) is 2.54. The number of hydrogen-bond acceptors (Lipinski definition) is 3. The summed E-state index contributed by atoms with van der Waals surface area (Å²) >= 11 is 0. The fourth-order valence-electron chi connectivity index (χ4n) is 3.48. The molecule has 1 saturated carbocycles. The molecule has 30 heavy (non-hydrogen) atoms. The summed E-state index contributed by atoms with van der Waals surface area (Å²) < 4.78 is 0. The molecule has 2 rings (SSSR count). The highest BCUT2D eigenvalue weighted by molar-refractivity contribution is 5.93. The molecule has 3 amide bonds. The molecule has 1 aliphatic carbocycles. The molecule has 1 aliphatic rings. The Labute approximate surface area is 182 Å². The molecule has 0 aromatic heterocycles. The Bertz CT molecular complexity index is 748. The van der Waals surface area contributed by atoms with E-state index in [4.69, 9.17) is 0 Å². The van der Waals surface area contributed by atoms with Gasteiger partial charge in [-0.3, -0.25) is 4.79 Å². The third-order valence-electron chi connectivity index (χ3n) is 5.84. The predicted molar refractivity (Wildman–Crippen MR) is 125 cm³/mol. The molecule has 0 unspecified atom stereocenters. The van der Waals surface area contributed by atoms with Gasteiger partial charge in [0.15, 0.2) is 0 Å². The van der Waals surface area contributed by atoms with E-state index in [1.807, 2.05) is 62.9 Å². The first-order valence-corrected chi connectivity index (χ1v) is 11.1. The smallest absolute Gasteiger partial charge is 0.318 e. The first-order chi connectivity index (χ1) is 13.9. The summed E-state index contributed by atoms with van der Waals surface area (Å²) in [5, 5.41) is 6.17. The quantitative estimate of drug-likeness (QED) is 0.668. The van der Waals surface area contributed by atoms with E-state index in [-0.39, 0.29) is 29.4 Å². The monoisotopic (exact) mass is 416 g/mol. The molecule has 6 heteroatoms. The van der Waals surface area contributed by atoms with E-state index < -0.39 is 0 Å². The van der Waals surface area contributed by atoms with Gasteiger partial charge in [-0.25, -0.2) is 4.79 Å². The number of hydrogen-bond donors (Lipinski definition) is 2. The molecule has 0 bridgehead atoms. The lowest BCUT2D eigenvalue weighted by atomic mass is 9.85. The fourth-order valence-corrected chi connectivity index (χ4v) is 3.48. The number of rotatable bonds is 7. The van der Waals surface area contributed by atoms with Gasteiger partial charge in [-0.1, -0.05) is 20.3 Å². The van der Waals surface area contributed by atoms with Crippen molar-refractivity contribution < 1.29 is 9.59 Å². The Morgan fingerprint density at radius 3 is 2.23 bits per heavy atom. The van der Waals surface area contributed by atoms with Gasteiger partial charge in [-0.05, 0) is 70.2 Å². The van der Waals surface area contributed by atoms with Crippen molar-refractivity contribution in [2.24, 2.45) is 11.8 Å². The molecule has 0 aliphatic heterocycles. The van der Waals surface area contributed by atoms with E-state index in [0.29, 0.717) is 12.5 Å². The van der Waals surface area contributed by atoms with Crippen LogP contribution in [0.4, 0.5) is 16.2 Å². The van der Waals surface area contributed by atoms with E-state index in [1.54, 1.807) is 0 Å². The molecule has 0 heterocycles. The highest BCUT2D eigenvalue weighted by Crippen LogP contribution is 2.30. The van der Waals surface area contributed by atoms with Gasteiger partial charge >= 0.3 is 6.03 Å². The van der Waals surface area contributed by atoms with Crippen molar-refractivity contribution in [2.75, 3.05) is 24.3 Å². The number of amides is 3. The second-order valence-electron chi connectivity index (χ2n) is 10.1. The lowest BCUT2D eigenvalue weighted by molar-refractivity contribution is -0.122. The van der Waals surface area contributed by atoms with Gasteiger partial charge in [-0.15, -0.1) is 0 Å². The normalized spacial score (nSPS) is 15.4. The molecule has 6 nitrogen and oxygen atoms in total.